The number of nitrogens with zero attached hydrogens (tertiary/aromatic N) is 1. The summed E-state index contributed by atoms with van der Waals surface area (Å²) in [7, 11) is 0. The highest BCUT2D eigenvalue weighted by Crippen LogP contribution is 2.24. The third-order valence-corrected chi connectivity index (χ3v) is 2.80. The molecule has 2 nitrogen and oxygen atoms in total. The van der Waals surface area contributed by atoms with E-state index in [4.69, 9.17) is 0 Å². The lowest BCUT2D eigenvalue weighted by atomic mass is 10.1. The second-order valence-corrected chi connectivity index (χ2v) is 3.95. The van der Waals surface area contributed by atoms with Gasteiger partial charge >= 0.3 is 0 Å². The molecule has 0 fully saturated rings. The van der Waals surface area contributed by atoms with Crippen LogP contribution >= 0.6 is 0 Å². The van der Waals surface area contributed by atoms with Gasteiger partial charge < -0.3 is 5.32 Å². The molecule has 0 atom stereocenters. The van der Waals surface area contributed by atoms with E-state index < -0.39 is 0 Å². The summed E-state index contributed by atoms with van der Waals surface area (Å²) in [4.78, 5) is 4.48. The maximum absolute atomic E-state index is 4.48. The number of aromatic nitrogens is 1. The Hall–Kier alpha value is -1.57. The van der Waals surface area contributed by atoms with E-state index >= 15 is 0 Å². The number of pyridine rings is 1. The number of rotatable bonds is 4. The van der Waals surface area contributed by atoms with Gasteiger partial charge in [0.1, 0.15) is 0 Å². The molecule has 0 amide bonds. The van der Waals surface area contributed by atoms with Crippen molar-refractivity contribution in [2.24, 2.45) is 0 Å². The predicted octanol–water partition coefficient (Wildman–Crippen LogP) is 3.62. The first-order valence-corrected chi connectivity index (χ1v) is 5.97. The highest BCUT2D eigenvalue weighted by atomic mass is 14.9. The zero-order chi connectivity index (χ0) is 11.4. The summed E-state index contributed by atoms with van der Waals surface area (Å²) in [5, 5.41) is 4.68. The highest BCUT2D eigenvalue weighted by molar-refractivity contribution is 5.92. The van der Waals surface area contributed by atoms with Gasteiger partial charge in [0.15, 0.2) is 0 Å². The SMILES string of the molecule is CCCNc1ccnc2c(CC)cccc12. The standard InChI is InChI=1S/C14H18N2/c1-3-9-15-13-8-10-16-14-11(4-2)6-5-7-12(13)14/h5-8,10H,3-4,9H2,1-2H3,(H,15,16). The van der Waals surface area contributed by atoms with Gasteiger partial charge in [0.05, 0.1) is 5.52 Å². The molecule has 1 N–H and O–H groups in total. The fourth-order valence-corrected chi connectivity index (χ4v) is 1.94. The maximum atomic E-state index is 4.48. The second-order valence-electron chi connectivity index (χ2n) is 3.95. The molecule has 0 aliphatic rings. The molecule has 0 saturated carbocycles. The van der Waals surface area contributed by atoms with Crippen molar-refractivity contribution >= 4 is 16.6 Å². The zero-order valence-electron chi connectivity index (χ0n) is 9.96. The minimum Gasteiger partial charge on any atom is -0.384 e. The summed E-state index contributed by atoms with van der Waals surface area (Å²) >= 11 is 0. The number of nitrogens with one attached hydrogen (secondary N) is 1. The van der Waals surface area contributed by atoms with E-state index in [-0.39, 0.29) is 0 Å². The van der Waals surface area contributed by atoms with Crippen LogP contribution in [-0.4, -0.2) is 11.5 Å². The van der Waals surface area contributed by atoms with Gasteiger partial charge in [-0.2, -0.15) is 0 Å². The molecule has 84 valence electrons. The normalized spacial score (nSPS) is 10.6. The second kappa shape index (κ2) is 4.97. The van der Waals surface area contributed by atoms with E-state index in [1.165, 1.54) is 16.6 Å². The van der Waals surface area contributed by atoms with Crippen LogP contribution in [0.3, 0.4) is 0 Å². The summed E-state index contributed by atoms with van der Waals surface area (Å²) in [5.74, 6) is 0. The van der Waals surface area contributed by atoms with E-state index in [9.17, 15) is 0 Å². The van der Waals surface area contributed by atoms with Crippen LogP contribution in [0.15, 0.2) is 30.5 Å². The number of hydrogen-bond donors (Lipinski definition) is 1. The summed E-state index contributed by atoms with van der Waals surface area (Å²) in [5.41, 5.74) is 3.64. The van der Waals surface area contributed by atoms with Crippen LogP contribution in [0, 0.1) is 0 Å². The molecule has 1 aromatic heterocycles. The fraction of sp³-hybridized carbons (Fsp3) is 0.357. The summed E-state index contributed by atoms with van der Waals surface area (Å²) in [6.07, 6.45) is 4.05. The number of para-hydroxylation sites is 1. The van der Waals surface area contributed by atoms with Crippen LogP contribution < -0.4 is 5.32 Å². The van der Waals surface area contributed by atoms with Gasteiger partial charge in [-0.1, -0.05) is 32.0 Å². The van der Waals surface area contributed by atoms with Crippen LogP contribution in [-0.2, 0) is 6.42 Å². The third-order valence-electron chi connectivity index (χ3n) is 2.80. The van der Waals surface area contributed by atoms with E-state index in [0.29, 0.717) is 0 Å². The van der Waals surface area contributed by atoms with Crippen LogP contribution in [0.2, 0.25) is 0 Å². The van der Waals surface area contributed by atoms with Crippen molar-refractivity contribution in [3.63, 3.8) is 0 Å². The molecule has 2 rings (SSSR count). The average Bonchev–Trinajstić information content (AvgIpc) is 2.35. The topological polar surface area (TPSA) is 24.9 Å². The highest BCUT2D eigenvalue weighted by Gasteiger charge is 2.03. The molecular formula is C14H18N2. The van der Waals surface area contributed by atoms with Crippen molar-refractivity contribution in [2.45, 2.75) is 26.7 Å². The summed E-state index contributed by atoms with van der Waals surface area (Å²) in [6, 6.07) is 8.45. The first-order valence-electron chi connectivity index (χ1n) is 5.97. The number of hydrogen-bond acceptors (Lipinski definition) is 2. The molecule has 0 aliphatic carbocycles. The molecule has 0 bridgehead atoms. The van der Waals surface area contributed by atoms with E-state index in [0.717, 1.165) is 24.9 Å². The predicted molar refractivity (Wildman–Crippen MR) is 69.9 cm³/mol. The molecule has 2 heteroatoms. The lowest BCUT2D eigenvalue weighted by molar-refractivity contribution is 0.981. The molecule has 2 aromatic rings. The number of benzene rings is 1. The average molecular weight is 214 g/mol. The van der Waals surface area contributed by atoms with Crippen molar-refractivity contribution in [1.82, 2.24) is 4.98 Å². The Labute approximate surface area is 96.7 Å². The van der Waals surface area contributed by atoms with E-state index in [2.05, 4.69) is 48.4 Å². The first kappa shape index (κ1) is 10.9. The molecular weight excluding hydrogens is 196 g/mol. The van der Waals surface area contributed by atoms with Gasteiger partial charge in [-0.3, -0.25) is 4.98 Å². The summed E-state index contributed by atoms with van der Waals surface area (Å²) in [6.45, 7) is 5.35. The Morgan fingerprint density at radius 1 is 1.19 bits per heavy atom. The fourth-order valence-electron chi connectivity index (χ4n) is 1.94. The lowest BCUT2D eigenvalue weighted by Crippen LogP contribution is -2.01. The Balaban J connectivity index is 2.51. The Morgan fingerprint density at radius 2 is 2.06 bits per heavy atom. The molecule has 0 unspecified atom stereocenters. The molecule has 0 radical (unpaired) electrons. The van der Waals surface area contributed by atoms with Gasteiger partial charge in [-0.25, -0.2) is 0 Å². The Kier molecular flexibility index (Phi) is 3.40. The molecule has 0 saturated heterocycles. The van der Waals surface area contributed by atoms with Gasteiger partial charge in [0.25, 0.3) is 0 Å². The van der Waals surface area contributed by atoms with Crippen LogP contribution in [0.1, 0.15) is 25.8 Å². The largest absolute Gasteiger partial charge is 0.384 e. The van der Waals surface area contributed by atoms with Gasteiger partial charge in [0, 0.05) is 23.8 Å². The zero-order valence-corrected chi connectivity index (χ0v) is 9.96. The van der Waals surface area contributed by atoms with Crippen molar-refractivity contribution in [3.05, 3.63) is 36.0 Å². The van der Waals surface area contributed by atoms with Crippen molar-refractivity contribution in [3.8, 4) is 0 Å². The minimum atomic E-state index is 1.01. The Bertz CT molecular complexity index is 477. The number of fused-ring (bicyclic) bond motifs is 1. The quantitative estimate of drug-likeness (QED) is 0.840. The van der Waals surface area contributed by atoms with Gasteiger partial charge in [-0.15, -0.1) is 0 Å². The first-order chi connectivity index (χ1) is 7.86. The van der Waals surface area contributed by atoms with Crippen LogP contribution in [0.5, 0.6) is 0 Å². The Morgan fingerprint density at radius 3 is 2.81 bits per heavy atom. The molecule has 0 spiro atoms. The lowest BCUT2D eigenvalue weighted by Gasteiger charge is -2.10. The molecule has 0 aliphatic heterocycles. The third kappa shape index (κ3) is 2.01. The van der Waals surface area contributed by atoms with Crippen LogP contribution in [0.25, 0.3) is 10.9 Å². The number of anilines is 1. The van der Waals surface area contributed by atoms with Crippen LogP contribution in [0.4, 0.5) is 5.69 Å². The molecule has 1 aromatic carbocycles. The smallest absolute Gasteiger partial charge is 0.0754 e. The molecule has 16 heavy (non-hydrogen) atoms. The van der Waals surface area contributed by atoms with Gasteiger partial charge in [0.2, 0.25) is 0 Å². The number of aryl methyl sites for hydroxylation is 1. The van der Waals surface area contributed by atoms with E-state index in [1.54, 1.807) is 0 Å². The molecule has 1 heterocycles. The van der Waals surface area contributed by atoms with Gasteiger partial charge in [-0.05, 0) is 24.5 Å². The van der Waals surface area contributed by atoms with E-state index in [1.807, 2.05) is 6.20 Å². The maximum Gasteiger partial charge on any atom is 0.0754 e. The van der Waals surface area contributed by atoms with Crippen molar-refractivity contribution in [1.29, 1.82) is 0 Å². The summed E-state index contributed by atoms with van der Waals surface area (Å²) < 4.78 is 0. The minimum absolute atomic E-state index is 1.01. The van der Waals surface area contributed by atoms with Crippen molar-refractivity contribution in [2.75, 3.05) is 11.9 Å². The van der Waals surface area contributed by atoms with Crippen molar-refractivity contribution < 1.29 is 0 Å². The monoisotopic (exact) mass is 214 g/mol.